The molecule has 1 radical (unpaired) electrons. The minimum Gasteiger partial charge on any atom is -0.416 e. The van der Waals surface area contributed by atoms with Crippen molar-refractivity contribution in [1.82, 2.24) is 0 Å². The summed E-state index contributed by atoms with van der Waals surface area (Å²) in [5.41, 5.74) is 2.37. The summed E-state index contributed by atoms with van der Waals surface area (Å²) in [5.74, 6) is 0. The van der Waals surface area contributed by atoms with E-state index in [1.165, 1.54) is 11.0 Å². The summed E-state index contributed by atoms with van der Waals surface area (Å²) in [4.78, 5) is 0. The van der Waals surface area contributed by atoms with E-state index in [2.05, 4.69) is 13.0 Å². The first kappa shape index (κ1) is 13.4. The second-order valence-electron chi connectivity index (χ2n) is 3.49. The zero-order chi connectivity index (χ0) is 9.80. The van der Waals surface area contributed by atoms with Crippen LogP contribution in [0.25, 0.3) is 0 Å². The molecule has 2 rings (SSSR count). The molecular weight excluding hydrogens is 264 g/mol. The molecule has 0 fully saturated rings. The summed E-state index contributed by atoms with van der Waals surface area (Å²) in [5, 5.41) is 0. The van der Waals surface area contributed by atoms with Gasteiger partial charge in [-0.05, 0) is 6.42 Å². The molecule has 1 aromatic rings. The molecule has 1 aliphatic rings. The molecule has 1 aliphatic heterocycles. The van der Waals surface area contributed by atoms with Crippen molar-refractivity contribution in [2.75, 3.05) is 6.61 Å². The van der Waals surface area contributed by atoms with Crippen LogP contribution in [0.4, 0.5) is 0 Å². The van der Waals surface area contributed by atoms with Crippen molar-refractivity contribution in [3.63, 3.8) is 0 Å². The minimum absolute atomic E-state index is 0. The van der Waals surface area contributed by atoms with E-state index in [0.29, 0.717) is 6.61 Å². The number of hydrogen-bond donors (Lipinski definition) is 0. The molecule has 0 spiro atoms. The van der Waals surface area contributed by atoms with Gasteiger partial charge in [0.15, 0.2) is 0 Å². The van der Waals surface area contributed by atoms with Gasteiger partial charge in [0.25, 0.3) is 0 Å². The van der Waals surface area contributed by atoms with Crippen LogP contribution in [0.2, 0.25) is 0 Å². The van der Waals surface area contributed by atoms with E-state index in [1.807, 2.05) is 18.2 Å². The van der Waals surface area contributed by atoms with E-state index in [9.17, 15) is 0 Å². The Bertz CT molecular complexity index is 306. The van der Waals surface area contributed by atoms with Crippen LogP contribution in [-0.2, 0) is 48.6 Å². The quantitative estimate of drug-likeness (QED) is 0.472. The predicted octanol–water partition coefficient (Wildman–Crippen LogP) is 1.53. The molecule has 1 heterocycles. The summed E-state index contributed by atoms with van der Waals surface area (Å²) in [6.45, 7) is 3.59. The van der Waals surface area contributed by atoms with Gasteiger partial charge in [0.1, 0.15) is 0 Å². The van der Waals surface area contributed by atoms with Crippen molar-refractivity contribution >= 4 is 12.6 Å². The summed E-state index contributed by atoms with van der Waals surface area (Å²) < 4.78 is 11.2. The van der Waals surface area contributed by atoms with E-state index in [4.69, 9.17) is 9.31 Å². The largest absolute Gasteiger partial charge is 0.467 e. The Balaban J connectivity index is 0.00000112. The van der Waals surface area contributed by atoms with Crippen molar-refractivity contribution in [1.29, 1.82) is 0 Å². The second kappa shape index (κ2) is 6.80. The number of unbranched alkanes of at least 4 members (excludes halogenated alkanes) is 1. The van der Waals surface area contributed by atoms with Gasteiger partial charge in [0, 0.05) is 45.9 Å². The van der Waals surface area contributed by atoms with Crippen molar-refractivity contribution in [2.24, 2.45) is 0 Å². The normalized spacial score (nSPS) is 13.5. The SMILES string of the molecule is CCCCOB1OCc2c[c-]ccc21.[Y]. The van der Waals surface area contributed by atoms with Gasteiger partial charge < -0.3 is 9.31 Å². The molecule has 0 unspecified atom stereocenters. The molecule has 0 atom stereocenters. The van der Waals surface area contributed by atoms with Crippen LogP contribution in [0.15, 0.2) is 18.2 Å². The number of fused-ring (bicyclic) bond motifs is 1. The van der Waals surface area contributed by atoms with E-state index < -0.39 is 0 Å². The molecule has 0 bridgehead atoms. The maximum atomic E-state index is 5.63. The molecule has 4 heteroatoms. The summed E-state index contributed by atoms with van der Waals surface area (Å²) >= 11 is 0. The Labute approximate surface area is 117 Å². The smallest absolute Gasteiger partial charge is 0.416 e. The van der Waals surface area contributed by atoms with E-state index in [-0.39, 0.29) is 39.8 Å². The maximum Gasteiger partial charge on any atom is 0.467 e. The third kappa shape index (κ3) is 3.38. The van der Waals surface area contributed by atoms with Crippen molar-refractivity contribution in [3.8, 4) is 0 Å². The zero-order valence-electron chi connectivity index (χ0n) is 9.03. The van der Waals surface area contributed by atoms with Crippen LogP contribution in [0.5, 0.6) is 0 Å². The van der Waals surface area contributed by atoms with Crippen molar-refractivity contribution in [2.45, 2.75) is 26.4 Å². The fraction of sp³-hybridized carbons (Fsp3) is 0.455. The van der Waals surface area contributed by atoms with E-state index in [1.54, 1.807) is 0 Å². The monoisotopic (exact) mass is 278 g/mol. The molecule has 15 heavy (non-hydrogen) atoms. The summed E-state index contributed by atoms with van der Waals surface area (Å²) in [6.07, 6.45) is 2.25. The van der Waals surface area contributed by atoms with Gasteiger partial charge in [-0.2, -0.15) is 24.3 Å². The van der Waals surface area contributed by atoms with Crippen LogP contribution >= 0.6 is 0 Å². The Hall–Kier alpha value is 0.309. The molecular formula is C11H14BO2Y-. The molecule has 0 amide bonds. The maximum absolute atomic E-state index is 5.63. The van der Waals surface area contributed by atoms with Crippen molar-refractivity contribution < 1.29 is 42.0 Å². The Kier molecular flexibility index (Phi) is 6.06. The Morgan fingerprint density at radius 1 is 1.60 bits per heavy atom. The van der Waals surface area contributed by atoms with Gasteiger partial charge in [-0.15, -0.1) is 11.0 Å². The molecule has 0 saturated heterocycles. The molecule has 1 aromatic carbocycles. The Morgan fingerprint density at radius 3 is 3.27 bits per heavy atom. The minimum atomic E-state index is -0.147. The van der Waals surface area contributed by atoms with Crippen molar-refractivity contribution in [3.05, 3.63) is 29.8 Å². The molecule has 77 valence electrons. The van der Waals surface area contributed by atoms with Crippen LogP contribution in [-0.4, -0.2) is 13.7 Å². The first-order valence-electron chi connectivity index (χ1n) is 5.14. The first-order chi connectivity index (χ1) is 6.92. The van der Waals surface area contributed by atoms with E-state index >= 15 is 0 Å². The molecule has 0 aliphatic carbocycles. The average molecular weight is 278 g/mol. The predicted molar refractivity (Wildman–Crippen MR) is 56.3 cm³/mol. The van der Waals surface area contributed by atoms with Gasteiger partial charge in [-0.1, -0.05) is 13.3 Å². The first-order valence-corrected chi connectivity index (χ1v) is 5.14. The summed E-state index contributed by atoms with van der Waals surface area (Å²) in [7, 11) is -0.147. The Morgan fingerprint density at radius 2 is 2.47 bits per heavy atom. The molecule has 0 N–H and O–H groups in total. The van der Waals surface area contributed by atoms with Gasteiger partial charge >= 0.3 is 7.12 Å². The fourth-order valence-electron chi connectivity index (χ4n) is 1.56. The van der Waals surface area contributed by atoms with Gasteiger partial charge in [-0.3, -0.25) is 0 Å². The average Bonchev–Trinajstić information content (AvgIpc) is 2.63. The van der Waals surface area contributed by atoms with Gasteiger partial charge in [0.2, 0.25) is 0 Å². The standard InChI is InChI=1S/C11H14BO2.Y/c1-2-3-8-13-12-11-7-5-4-6-10(11)9-14-12;/h5-7H,2-3,8-9H2,1H3;/q-1;. The van der Waals surface area contributed by atoms with Crippen LogP contribution in [0.1, 0.15) is 25.3 Å². The third-order valence-electron chi connectivity index (χ3n) is 2.40. The number of hydrogen-bond acceptors (Lipinski definition) is 2. The van der Waals surface area contributed by atoms with Crippen LogP contribution in [0, 0.1) is 6.07 Å². The van der Waals surface area contributed by atoms with E-state index in [0.717, 1.165) is 19.4 Å². The van der Waals surface area contributed by atoms with Gasteiger partial charge in [0.05, 0.1) is 0 Å². The zero-order valence-corrected chi connectivity index (χ0v) is 11.9. The number of benzene rings is 1. The molecule has 0 aromatic heterocycles. The molecule has 0 saturated carbocycles. The van der Waals surface area contributed by atoms with Gasteiger partial charge in [-0.25, -0.2) is 0 Å². The fourth-order valence-corrected chi connectivity index (χ4v) is 1.56. The van der Waals surface area contributed by atoms with Crippen LogP contribution < -0.4 is 5.46 Å². The summed E-state index contributed by atoms with van der Waals surface area (Å²) in [6, 6.07) is 8.95. The second-order valence-corrected chi connectivity index (χ2v) is 3.49. The topological polar surface area (TPSA) is 18.5 Å². The number of rotatable bonds is 4. The van der Waals surface area contributed by atoms with Crippen LogP contribution in [0.3, 0.4) is 0 Å². The molecule has 2 nitrogen and oxygen atoms in total. The third-order valence-corrected chi connectivity index (χ3v) is 2.40.